The number of benzene rings is 2. The van der Waals surface area contributed by atoms with Crippen LogP contribution in [0.3, 0.4) is 0 Å². The van der Waals surface area contributed by atoms with E-state index in [2.05, 4.69) is 0 Å². The molecule has 27 heavy (non-hydrogen) atoms. The van der Waals surface area contributed by atoms with Gasteiger partial charge in [-0.3, -0.25) is 14.9 Å². The van der Waals surface area contributed by atoms with E-state index in [9.17, 15) is 19.7 Å². The van der Waals surface area contributed by atoms with Crippen LogP contribution in [0, 0.1) is 24.0 Å². The predicted molar refractivity (Wildman–Crippen MR) is 99.9 cm³/mol. The van der Waals surface area contributed by atoms with Gasteiger partial charge in [-0.2, -0.15) is 0 Å². The summed E-state index contributed by atoms with van der Waals surface area (Å²) in [4.78, 5) is 34.3. The fourth-order valence-corrected chi connectivity index (χ4v) is 2.85. The maximum absolute atomic E-state index is 12.3. The van der Waals surface area contributed by atoms with Gasteiger partial charge in [0.25, 0.3) is 5.69 Å². The summed E-state index contributed by atoms with van der Waals surface area (Å²) in [5.41, 5.74) is 0.973. The summed E-state index contributed by atoms with van der Waals surface area (Å²) in [5, 5.41) is 11.9. The molecule has 0 aliphatic rings. The number of carbonyl (C=O) groups excluding carboxylic acids is 1. The van der Waals surface area contributed by atoms with Crippen molar-refractivity contribution in [2.75, 3.05) is 6.61 Å². The Hall–Kier alpha value is -3.19. The summed E-state index contributed by atoms with van der Waals surface area (Å²) in [6.45, 7) is 2.97. The van der Waals surface area contributed by atoms with Gasteiger partial charge in [0.05, 0.1) is 9.95 Å². The molecule has 3 aromatic rings. The molecule has 0 aliphatic carbocycles. The van der Waals surface area contributed by atoms with Crippen LogP contribution in [0.2, 0.25) is 5.02 Å². The van der Waals surface area contributed by atoms with Crippen molar-refractivity contribution in [2.24, 2.45) is 0 Å². The van der Waals surface area contributed by atoms with E-state index >= 15 is 0 Å². The molecule has 3 rings (SSSR count). The Labute approximate surface area is 158 Å². The molecule has 7 nitrogen and oxygen atoms in total. The fourth-order valence-electron chi connectivity index (χ4n) is 2.64. The van der Waals surface area contributed by atoms with Crippen molar-refractivity contribution in [2.45, 2.75) is 13.8 Å². The van der Waals surface area contributed by atoms with E-state index in [1.165, 1.54) is 30.3 Å². The molecule has 0 N–H and O–H groups in total. The van der Waals surface area contributed by atoms with Crippen LogP contribution in [0.25, 0.3) is 11.0 Å². The van der Waals surface area contributed by atoms with Crippen LogP contribution in [0.15, 0.2) is 45.6 Å². The molecule has 2 aromatic carbocycles. The second kappa shape index (κ2) is 7.20. The Kier molecular flexibility index (Phi) is 4.96. The van der Waals surface area contributed by atoms with E-state index in [0.29, 0.717) is 16.5 Å². The Bertz CT molecular complexity index is 1130. The first-order chi connectivity index (χ1) is 12.8. The molecule has 0 aliphatic heterocycles. The highest BCUT2D eigenvalue weighted by Gasteiger charge is 2.16. The first kappa shape index (κ1) is 18.6. The van der Waals surface area contributed by atoms with Gasteiger partial charge in [0.2, 0.25) is 0 Å². The van der Waals surface area contributed by atoms with E-state index in [0.717, 1.165) is 0 Å². The molecule has 0 atom stereocenters. The first-order valence-electron chi connectivity index (χ1n) is 7.91. The van der Waals surface area contributed by atoms with Crippen molar-refractivity contribution in [3.8, 4) is 5.75 Å². The summed E-state index contributed by atoms with van der Waals surface area (Å²) < 4.78 is 10.6. The molecule has 0 radical (unpaired) electrons. The van der Waals surface area contributed by atoms with E-state index < -0.39 is 16.3 Å². The zero-order chi connectivity index (χ0) is 19.7. The number of rotatable bonds is 5. The van der Waals surface area contributed by atoms with Crippen molar-refractivity contribution in [1.82, 2.24) is 0 Å². The predicted octanol–water partition coefficient (Wildman–Crippen LogP) is 4.23. The lowest BCUT2D eigenvalue weighted by Gasteiger charge is -2.09. The molecule has 1 heterocycles. The molecule has 0 saturated heterocycles. The number of nitro groups is 1. The van der Waals surface area contributed by atoms with Gasteiger partial charge < -0.3 is 9.15 Å². The molecule has 0 fully saturated rings. The molecular weight excluding hydrogens is 374 g/mol. The number of ether oxygens (including phenoxy) is 1. The Morgan fingerprint density at radius 3 is 2.63 bits per heavy atom. The van der Waals surface area contributed by atoms with Gasteiger partial charge in [0.15, 0.2) is 12.4 Å². The van der Waals surface area contributed by atoms with E-state index in [4.69, 9.17) is 20.8 Å². The minimum Gasteiger partial charge on any atom is -0.484 e. The number of halogens is 1. The molecule has 0 bridgehead atoms. The fraction of sp³-hybridized carbons (Fsp3) is 0.158. The van der Waals surface area contributed by atoms with Crippen LogP contribution >= 0.6 is 11.6 Å². The molecule has 0 spiro atoms. The van der Waals surface area contributed by atoms with Crippen LogP contribution < -0.4 is 10.4 Å². The van der Waals surface area contributed by atoms with Gasteiger partial charge >= 0.3 is 5.63 Å². The van der Waals surface area contributed by atoms with Crippen molar-refractivity contribution in [3.05, 3.63) is 78.6 Å². The van der Waals surface area contributed by atoms with E-state index in [1.54, 1.807) is 19.9 Å². The summed E-state index contributed by atoms with van der Waals surface area (Å²) >= 11 is 6.19. The SMILES string of the molecule is Cc1ccc(C(=O)COc2cc3oc(=O)cc(C)c3cc2Cl)cc1[N+](=O)[O-]. The van der Waals surface area contributed by atoms with Crippen LogP contribution in [0.5, 0.6) is 5.75 Å². The minimum atomic E-state index is -0.544. The number of aryl methyl sites for hydroxylation is 2. The molecule has 8 heteroatoms. The third kappa shape index (κ3) is 3.83. The van der Waals surface area contributed by atoms with E-state index in [1.807, 2.05) is 0 Å². The Morgan fingerprint density at radius 1 is 1.19 bits per heavy atom. The molecular formula is C19H14ClNO6. The number of Topliss-reactive ketones (excluding diaryl/α,β-unsaturated/α-hetero) is 1. The lowest BCUT2D eigenvalue weighted by Crippen LogP contribution is -2.12. The third-order valence-electron chi connectivity index (χ3n) is 4.09. The zero-order valence-electron chi connectivity index (χ0n) is 14.4. The van der Waals surface area contributed by atoms with Crippen molar-refractivity contribution >= 4 is 34.0 Å². The summed E-state index contributed by atoms with van der Waals surface area (Å²) in [5.74, 6) is -0.271. The monoisotopic (exact) mass is 387 g/mol. The Morgan fingerprint density at radius 2 is 1.93 bits per heavy atom. The van der Waals surface area contributed by atoms with Crippen LogP contribution in [-0.2, 0) is 0 Å². The van der Waals surface area contributed by atoms with Gasteiger partial charge in [-0.1, -0.05) is 23.7 Å². The summed E-state index contributed by atoms with van der Waals surface area (Å²) in [7, 11) is 0. The summed E-state index contributed by atoms with van der Waals surface area (Å²) in [6, 6.07) is 8.60. The molecule has 0 unspecified atom stereocenters. The lowest BCUT2D eigenvalue weighted by atomic mass is 10.1. The van der Waals surface area contributed by atoms with Crippen molar-refractivity contribution in [3.63, 3.8) is 0 Å². The number of nitrogens with zero attached hydrogens (tertiary/aromatic N) is 1. The first-order valence-corrected chi connectivity index (χ1v) is 8.29. The third-order valence-corrected chi connectivity index (χ3v) is 4.39. The maximum Gasteiger partial charge on any atom is 0.336 e. The number of carbonyl (C=O) groups is 1. The highest BCUT2D eigenvalue weighted by Crippen LogP contribution is 2.31. The van der Waals surface area contributed by atoms with E-state index in [-0.39, 0.29) is 34.2 Å². The van der Waals surface area contributed by atoms with Gasteiger partial charge in [-0.05, 0) is 25.5 Å². The standard InChI is InChI=1S/C19H14ClNO6/c1-10-3-4-12(6-15(10)21(24)25)16(22)9-26-18-8-17-13(7-14(18)20)11(2)5-19(23)27-17/h3-8H,9H2,1-2H3. The molecule has 0 amide bonds. The second-order valence-electron chi connectivity index (χ2n) is 6.00. The highest BCUT2D eigenvalue weighted by molar-refractivity contribution is 6.32. The zero-order valence-corrected chi connectivity index (χ0v) is 15.2. The largest absolute Gasteiger partial charge is 0.484 e. The highest BCUT2D eigenvalue weighted by atomic mass is 35.5. The average molecular weight is 388 g/mol. The van der Waals surface area contributed by atoms with Gasteiger partial charge in [-0.25, -0.2) is 4.79 Å². The average Bonchev–Trinajstić information content (AvgIpc) is 2.60. The summed E-state index contributed by atoms with van der Waals surface area (Å²) in [6.07, 6.45) is 0. The number of hydrogen-bond donors (Lipinski definition) is 0. The molecule has 1 aromatic heterocycles. The lowest BCUT2D eigenvalue weighted by molar-refractivity contribution is -0.385. The normalized spacial score (nSPS) is 10.8. The van der Waals surface area contributed by atoms with Gasteiger partial charge in [0, 0.05) is 34.7 Å². The van der Waals surface area contributed by atoms with Crippen LogP contribution in [0.1, 0.15) is 21.5 Å². The topological polar surface area (TPSA) is 99.7 Å². The smallest absolute Gasteiger partial charge is 0.336 e. The second-order valence-corrected chi connectivity index (χ2v) is 6.40. The van der Waals surface area contributed by atoms with Crippen molar-refractivity contribution < 1.29 is 18.9 Å². The number of nitro benzene ring substituents is 1. The van der Waals surface area contributed by atoms with Crippen LogP contribution in [0.4, 0.5) is 5.69 Å². The molecule has 0 saturated carbocycles. The van der Waals surface area contributed by atoms with Crippen molar-refractivity contribution in [1.29, 1.82) is 0 Å². The number of ketones is 1. The quantitative estimate of drug-likeness (QED) is 0.281. The van der Waals surface area contributed by atoms with Gasteiger partial charge in [-0.15, -0.1) is 0 Å². The number of hydrogen-bond acceptors (Lipinski definition) is 6. The molecule has 138 valence electrons. The van der Waals surface area contributed by atoms with Gasteiger partial charge in [0.1, 0.15) is 11.3 Å². The maximum atomic E-state index is 12.3. The Balaban J connectivity index is 1.85. The minimum absolute atomic E-state index is 0.137. The number of fused-ring (bicyclic) bond motifs is 1. The van der Waals surface area contributed by atoms with Crippen LogP contribution in [-0.4, -0.2) is 17.3 Å².